The van der Waals surface area contributed by atoms with E-state index in [0.717, 1.165) is 0 Å². The molecule has 17 heavy (non-hydrogen) atoms. The first-order valence-corrected chi connectivity index (χ1v) is 5.23. The van der Waals surface area contributed by atoms with Gasteiger partial charge >= 0.3 is 0 Å². The lowest BCUT2D eigenvalue weighted by Gasteiger charge is -2.05. The Balaban J connectivity index is 2.79. The predicted molar refractivity (Wildman–Crippen MR) is 58.5 cm³/mol. The van der Waals surface area contributed by atoms with Gasteiger partial charge in [-0.3, -0.25) is 4.79 Å². The van der Waals surface area contributed by atoms with Crippen LogP contribution in [0.5, 0.6) is 0 Å². The smallest absolute Gasteiger partial charge is 0.257 e. The maximum absolute atomic E-state index is 13.2. The summed E-state index contributed by atoms with van der Waals surface area (Å²) in [6.45, 7) is 0.0851. The molecular weight excluding hydrogens is 255 g/mol. The van der Waals surface area contributed by atoms with Gasteiger partial charge in [0.25, 0.3) is 5.91 Å². The summed E-state index contributed by atoms with van der Waals surface area (Å²) in [4.78, 5) is 11.4. The van der Waals surface area contributed by atoms with Crippen LogP contribution < -0.4 is 5.32 Å². The summed E-state index contributed by atoms with van der Waals surface area (Å²) in [7, 11) is 0. The van der Waals surface area contributed by atoms with Gasteiger partial charge in [-0.1, -0.05) is 12.2 Å². The SMILES string of the molecule is O=C(NC/C=C/CCl)c1c(F)cc(F)cc1F. The number of carbonyl (C=O) groups excluding carboxylic acids is 1. The van der Waals surface area contributed by atoms with E-state index in [-0.39, 0.29) is 12.4 Å². The Morgan fingerprint density at radius 2 is 1.82 bits per heavy atom. The molecule has 0 aliphatic rings. The molecule has 1 aromatic carbocycles. The fraction of sp³-hybridized carbons (Fsp3) is 0.182. The van der Waals surface area contributed by atoms with Crippen molar-refractivity contribution in [3.63, 3.8) is 0 Å². The first kappa shape index (κ1) is 13.6. The van der Waals surface area contributed by atoms with Crippen molar-refractivity contribution < 1.29 is 18.0 Å². The molecule has 1 amide bonds. The van der Waals surface area contributed by atoms with Crippen LogP contribution >= 0.6 is 11.6 Å². The molecule has 0 aromatic heterocycles. The molecule has 0 bridgehead atoms. The van der Waals surface area contributed by atoms with Gasteiger partial charge in [0.05, 0.1) is 0 Å². The Bertz CT molecular complexity index is 425. The number of rotatable bonds is 4. The molecule has 0 spiro atoms. The normalized spacial score (nSPS) is 10.8. The van der Waals surface area contributed by atoms with E-state index in [9.17, 15) is 18.0 Å². The number of allylic oxidation sites excluding steroid dienone is 1. The van der Waals surface area contributed by atoms with Crippen molar-refractivity contribution in [1.82, 2.24) is 5.32 Å². The van der Waals surface area contributed by atoms with E-state index in [0.29, 0.717) is 12.1 Å². The van der Waals surface area contributed by atoms with Crippen LogP contribution in [-0.2, 0) is 0 Å². The van der Waals surface area contributed by atoms with Crippen molar-refractivity contribution in [3.8, 4) is 0 Å². The quantitative estimate of drug-likeness (QED) is 0.657. The third-order valence-corrected chi connectivity index (χ3v) is 2.05. The van der Waals surface area contributed by atoms with E-state index in [1.807, 2.05) is 0 Å². The average Bonchev–Trinajstić information content (AvgIpc) is 2.23. The fourth-order valence-corrected chi connectivity index (χ4v) is 1.27. The van der Waals surface area contributed by atoms with Gasteiger partial charge in [-0.25, -0.2) is 13.2 Å². The van der Waals surface area contributed by atoms with E-state index < -0.39 is 28.9 Å². The van der Waals surface area contributed by atoms with Crippen LogP contribution in [0, 0.1) is 17.5 Å². The van der Waals surface area contributed by atoms with Crippen molar-refractivity contribution in [2.45, 2.75) is 0 Å². The molecular formula is C11H9ClF3NO. The summed E-state index contributed by atoms with van der Waals surface area (Å²) in [5, 5.41) is 2.25. The Kier molecular flexibility index (Phi) is 5.03. The molecule has 0 aliphatic heterocycles. The van der Waals surface area contributed by atoms with E-state index >= 15 is 0 Å². The maximum atomic E-state index is 13.2. The Morgan fingerprint density at radius 1 is 1.24 bits per heavy atom. The first-order chi connectivity index (χ1) is 8.06. The summed E-state index contributed by atoms with van der Waals surface area (Å²) in [6, 6.07) is 0.902. The average molecular weight is 264 g/mol. The first-order valence-electron chi connectivity index (χ1n) is 4.70. The van der Waals surface area contributed by atoms with Gasteiger partial charge in [0.1, 0.15) is 23.0 Å². The zero-order valence-electron chi connectivity index (χ0n) is 8.64. The number of hydrogen-bond donors (Lipinski definition) is 1. The third kappa shape index (κ3) is 3.78. The summed E-state index contributed by atoms with van der Waals surface area (Å²) in [5.41, 5.74) is -0.800. The number of benzene rings is 1. The largest absolute Gasteiger partial charge is 0.348 e. The highest BCUT2D eigenvalue weighted by atomic mass is 35.5. The monoisotopic (exact) mass is 263 g/mol. The number of carbonyl (C=O) groups is 1. The van der Waals surface area contributed by atoms with Gasteiger partial charge in [-0.05, 0) is 0 Å². The summed E-state index contributed by atoms with van der Waals surface area (Å²) in [5.74, 6) is -4.21. The number of nitrogens with one attached hydrogen (secondary N) is 1. The molecule has 0 saturated carbocycles. The number of amides is 1. The molecule has 6 heteroatoms. The molecule has 0 aliphatic carbocycles. The van der Waals surface area contributed by atoms with Crippen LogP contribution in [0.3, 0.4) is 0 Å². The van der Waals surface area contributed by atoms with E-state index in [4.69, 9.17) is 11.6 Å². The summed E-state index contributed by atoms with van der Waals surface area (Å²) >= 11 is 5.34. The van der Waals surface area contributed by atoms with Gasteiger partial charge in [-0.15, -0.1) is 11.6 Å². The predicted octanol–water partition coefficient (Wildman–Crippen LogP) is 2.63. The topological polar surface area (TPSA) is 29.1 Å². The maximum Gasteiger partial charge on any atom is 0.257 e. The number of alkyl halides is 1. The standard InChI is InChI=1S/C11H9ClF3NO/c12-3-1-2-4-16-11(17)10-8(14)5-7(13)6-9(10)15/h1-2,5-6H,3-4H2,(H,16,17)/b2-1+. The number of halogens is 4. The molecule has 0 radical (unpaired) electrons. The van der Waals surface area contributed by atoms with Crippen molar-refractivity contribution in [2.75, 3.05) is 12.4 Å². The van der Waals surface area contributed by atoms with Crippen LogP contribution in [-0.4, -0.2) is 18.3 Å². The molecule has 1 N–H and O–H groups in total. The molecule has 92 valence electrons. The van der Waals surface area contributed by atoms with Gasteiger partial charge in [0.15, 0.2) is 0 Å². The molecule has 2 nitrogen and oxygen atoms in total. The molecule has 0 unspecified atom stereocenters. The minimum absolute atomic E-state index is 0.0851. The Morgan fingerprint density at radius 3 is 2.35 bits per heavy atom. The Hall–Kier alpha value is -1.49. The van der Waals surface area contributed by atoms with Crippen LogP contribution in [0.15, 0.2) is 24.3 Å². The van der Waals surface area contributed by atoms with Crippen LogP contribution in [0.1, 0.15) is 10.4 Å². The molecule has 1 rings (SSSR count). The zero-order valence-corrected chi connectivity index (χ0v) is 9.40. The van der Waals surface area contributed by atoms with Crippen molar-refractivity contribution >= 4 is 17.5 Å². The van der Waals surface area contributed by atoms with E-state index in [2.05, 4.69) is 5.32 Å². The molecule has 0 fully saturated rings. The zero-order chi connectivity index (χ0) is 12.8. The molecule has 0 heterocycles. The molecule has 0 saturated heterocycles. The van der Waals surface area contributed by atoms with Crippen LogP contribution in [0.2, 0.25) is 0 Å². The molecule has 1 aromatic rings. The fourth-order valence-electron chi connectivity index (χ4n) is 1.15. The highest BCUT2D eigenvalue weighted by Gasteiger charge is 2.18. The van der Waals surface area contributed by atoms with Gasteiger partial charge in [0, 0.05) is 24.6 Å². The van der Waals surface area contributed by atoms with E-state index in [1.165, 1.54) is 6.08 Å². The van der Waals surface area contributed by atoms with Gasteiger partial charge in [0.2, 0.25) is 0 Å². The van der Waals surface area contributed by atoms with Gasteiger partial charge < -0.3 is 5.32 Å². The Labute approximate surface area is 101 Å². The lowest BCUT2D eigenvalue weighted by atomic mass is 10.2. The summed E-state index contributed by atoms with van der Waals surface area (Å²) in [6.07, 6.45) is 3.10. The minimum Gasteiger partial charge on any atom is -0.348 e. The molecule has 0 atom stereocenters. The van der Waals surface area contributed by atoms with Crippen molar-refractivity contribution in [2.24, 2.45) is 0 Å². The second-order valence-electron chi connectivity index (χ2n) is 3.08. The number of hydrogen-bond acceptors (Lipinski definition) is 1. The lowest BCUT2D eigenvalue weighted by molar-refractivity contribution is 0.0949. The van der Waals surface area contributed by atoms with E-state index in [1.54, 1.807) is 6.08 Å². The highest BCUT2D eigenvalue weighted by molar-refractivity contribution is 6.18. The second kappa shape index (κ2) is 6.30. The highest BCUT2D eigenvalue weighted by Crippen LogP contribution is 2.14. The van der Waals surface area contributed by atoms with Gasteiger partial charge in [-0.2, -0.15) is 0 Å². The van der Waals surface area contributed by atoms with Crippen molar-refractivity contribution in [1.29, 1.82) is 0 Å². The lowest BCUT2D eigenvalue weighted by Crippen LogP contribution is -2.25. The minimum atomic E-state index is -1.23. The second-order valence-corrected chi connectivity index (χ2v) is 3.39. The third-order valence-electron chi connectivity index (χ3n) is 1.87. The van der Waals surface area contributed by atoms with Crippen molar-refractivity contribution in [3.05, 3.63) is 47.3 Å². The van der Waals surface area contributed by atoms with Crippen LogP contribution in [0.25, 0.3) is 0 Å². The van der Waals surface area contributed by atoms with Crippen LogP contribution in [0.4, 0.5) is 13.2 Å². The summed E-state index contributed by atoms with van der Waals surface area (Å²) < 4.78 is 38.9.